The zero-order chi connectivity index (χ0) is 39.0. The summed E-state index contributed by atoms with van der Waals surface area (Å²) in [5.74, 6) is 1.62. The summed E-state index contributed by atoms with van der Waals surface area (Å²) >= 11 is 0. The number of phenolic OH excluding ortho intramolecular Hbond substituents is 1. The van der Waals surface area contributed by atoms with E-state index in [0.29, 0.717) is 37.5 Å². The highest BCUT2D eigenvalue weighted by molar-refractivity contribution is 6.07. The van der Waals surface area contributed by atoms with Crippen molar-refractivity contribution in [2.24, 2.45) is 5.92 Å². The number of anilines is 1. The molecule has 57 heavy (non-hydrogen) atoms. The van der Waals surface area contributed by atoms with Crippen molar-refractivity contribution >= 4 is 23.2 Å². The Morgan fingerprint density at radius 1 is 0.754 bits per heavy atom. The lowest BCUT2D eigenvalue weighted by atomic mass is 9.69. The molecule has 4 atom stereocenters. The number of fused-ring (bicyclic) bond motifs is 2. The molecule has 296 valence electrons. The van der Waals surface area contributed by atoms with Gasteiger partial charge in [0.05, 0.1) is 12.5 Å². The summed E-state index contributed by atoms with van der Waals surface area (Å²) in [4.78, 5) is 46.6. The first kappa shape index (κ1) is 37.5. The van der Waals surface area contributed by atoms with Gasteiger partial charge in [-0.1, -0.05) is 30.3 Å². The van der Waals surface area contributed by atoms with E-state index >= 15 is 0 Å². The molecule has 2 saturated heterocycles. The van der Waals surface area contributed by atoms with Crippen molar-refractivity contribution < 1.29 is 28.6 Å². The van der Waals surface area contributed by atoms with E-state index in [-0.39, 0.29) is 47.3 Å². The van der Waals surface area contributed by atoms with E-state index in [9.17, 15) is 23.9 Å². The zero-order valence-corrected chi connectivity index (χ0v) is 32.5. The molecule has 4 aromatic carbocycles. The number of carbonyl (C=O) groups is 3. The van der Waals surface area contributed by atoms with Gasteiger partial charge in [0, 0.05) is 75.9 Å². The molecule has 9 nitrogen and oxygen atoms in total. The number of nitrogens with zero attached hydrogens (tertiary/aromatic N) is 4. The van der Waals surface area contributed by atoms with Gasteiger partial charge < -0.3 is 19.6 Å². The lowest BCUT2D eigenvalue weighted by Crippen LogP contribution is -2.48. The second-order valence-corrected chi connectivity index (χ2v) is 16.7. The van der Waals surface area contributed by atoms with Crippen molar-refractivity contribution in [3.63, 3.8) is 0 Å². The van der Waals surface area contributed by atoms with Gasteiger partial charge in [-0.3, -0.25) is 24.2 Å². The topological polar surface area (TPSA) is 93.6 Å². The van der Waals surface area contributed by atoms with Gasteiger partial charge in [0.1, 0.15) is 29.7 Å². The smallest absolute Gasteiger partial charge is 0.255 e. The van der Waals surface area contributed by atoms with Crippen LogP contribution in [0.25, 0.3) is 0 Å². The highest BCUT2D eigenvalue weighted by atomic mass is 19.1. The quantitative estimate of drug-likeness (QED) is 0.182. The molecule has 3 heterocycles. The molecule has 0 spiro atoms. The maximum Gasteiger partial charge on any atom is 0.255 e. The first-order chi connectivity index (χ1) is 27.8. The Morgan fingerprint density at radius 2 is 1.54 bits per heavy atom. The monoisotopic (exact) mass is 770 g/mol. The molecule has 4 aromatic rings. The number of amides is 1. The predicted octanol–water partition coefficient (Wildman–Crippen LogP) is 6.56. The third kappa shape index (κ3) is 7.94. The van der Waals surface area contributed by atoms with Crippen LogP contribution in [0.2, 0.25) is 0 Å². The minimum Gasteiger partial charge on any atom is -0.508 e. The first-order valence-electron chi connectivity index (χ1n) is 20.7. The molecule has 1 saturated carbocycles. The van der Waals surface area contributed by atoms with Crippen LogP contribution >= 0.6 is 0 Å². The fraction of sp³-hybridized carbons (Fsp3) is 0.426. The van der Waals surface area contributed by atoms with Crippen molar-refractivity contribution in [1.29, 1.82) is 0 Å². The summed E-state index contributed by atoms with van der Waals surface area (Å²) in [6, 6.07) is 26.7. The van der Waals surface area contributed by atoms with Crippen LogP contribution in [0.3, 0.4) is 0 Å². The summed E-state index contributed by atoms with van der Waals surface area (Å²) in [5.41, 5.74) is 7.49. The van der Waals surface area contributed by atoms with Gasteiger partial charge in [-0.15, -0.1) is 0 Å². The summed E-state index contributed by atoms with van der Waals surface area (Å²) in [7, 11) is 0. The van der Waals surface area contributed by atoms with Gasteiger partial charge in [-0.2, -0.15) is 0 Å². The summed E-state index contributed by atoms with van der Waals surface area (Å²) < 4.78 is 20.1. The largest absolute Gasteiger partial charge is 0.508 e. The second kappa shape index (κ2) is 16.1. The van der Waals surface area contributed by atoms with Crippen LogP contribution < -0.4 is 9.64 Å². The van der Waals surface area contributed by atoms with Crippen LogP contribution in [0.4, 0.5) is 10.1 Å². The summed E-state index contributed by atoms with van der Waals surface area (Å²) in [6.45, 7) is 9.10. The molecule has 5 aliphatic rings. The number of ether oxygens (including phenoxy) is 1. The summed E-state index contributed by atoms with van der Waals surface area (Å²) in [5, 5.41) is 10.2. The third-order valence-corrected chi connectivity index (χ3v) is 13.2. The number of halogens is 1. The molecule has 0 aromatic heterocycles. The number of hydrogen-bond acceptors (Lipinski definition) is 8. The fourth-order valence-electron chi connectivity index (χ4n) is 10.1. The number of carbonyl (C=O) groups excluding carboxylic acids is 3. The molecular weight excluding hydrogens is 720 g/mol. The van der Waals surface area contributed by atoms with E-state index in [1.54, 1.807) is 23.1 Å². The second-order valence-electron chi connectivity index (χ2n) is 16.7. The Balaban J connectivity index is 0.735. The van der Waals surface area contributed by atoms with Crippen LogP contribution in [0, 0.1) is 11.7 Å². The SMILES string of the molecule is O=C1CCC(N2Cc3cc(N4CCN(C[C@@H]5CCN(CCOc6ccc([C@H]7c8ccc(O)cc8CC[C@H]7c7ccc(F)cc7)cc6)C5)CC4)ccc3C2=O)C(=O)C1. The zero-order valence-electron chi connectivity index (χ0n) is 32.5. The lowest BCUT2D eigenvalue weighted by Gasteiger charge is -2.37. The Kier molecular flexibility index (Phi) is 10.6. The number of hydrogen-bond donors (Lipinski definition) is 1. The van der Waals surface area contributed by atoms with Gasteiger partial charge >= 0.3 is 0 Å². The molecule has 1 amide bonds. The maximum atomic E-state index is 13.8. The normalized spacial score (nSPS) is 24.2. The number of Topliss-reactive ketones (excluding diaryl/α,β-unsaturated/α-hetero) is 2. The predicted molar refractivity (Wildman–Crippen MR) is 217 cm³/mol. The van der Waals surface area contributed by atoms with E-state index in [0.717, 1.165) is 87.8 Å². The van der Waals surface area contributed by atoms with Crippen LogP contribution in [-0.2, 0) is 22.6 Å². The van der Waals surface area contributed by atoms with Crippen molar-refractivity contribution in [2.75, 3.05) is 63.9 Å². The molecular formula is C47H51FN4O5. The Hall–Kier alpha value is -5.06. The Morgan fingerprint density at radius 3 is 2.33 bits per heavy atom. The number of rotatable bonds is 10. The van der Waals surface area contributed by atoms with E-state index in [1.807, 2.05) is 36.4 Å². The molecule has 10 heteroatoms. The van der Waals surface area contributed by atoms with Gasteiger partial charge in [0.2, 0.25) is 0 Å². The minimum atomic E-state index is -0.485. The molecule has 1 unspecified atom stereocenters. The highest BCUT2D eigenvalue weighted by Crippen LogP contribution is 2.47. The van der Waals surface area contributed by atoms with Gasteiger partial charge in [-0.05, 0) is 126 Å². The molecule has 2 aliphatic carbocycles. The maximum absolute atomic E-state index is 13.8. The molecule has 1 N–H and O–H groups in total. The number of aryl methyl sites for hydroxylation is 1. The number of likely N-dealkylation sites (tertiary alicyclic amines) is 1. The number of phenols is 1. The van der Waals surface area contributed by atoms with Crippen molar-refractivity contribution in [1.82, 2.24) is 14.7 Å². The minimum absolute atomic E-state index is 0.0257. The fourth-order valence-corrected chi connectivity index (χ4v) is 10.1. The van der Waals surface area contributed by atoms with Gasteiger partial charge in [0.15, 0.2) is 5.78 Å². The number of piperazine rings is 1. The Labute approximate surface area is 334 Å². The molecule has 3 aliphatic heterocycles. The van der Waals surface area contributed by atoms with E-state index in [1.165, 1.54) is 23.1 Å². The first-order valence-corrected chi connectivity index (χ1v) is 20.7. The van der Waals surface area contributed by atoms with Crippen LogP contribution in [0.1, 0.15) is 82.1 Å². The van der Waals surface area contributed by atoms with Crippen molar-refractivity contribution in [2.45, 2.75) is 62.9 Å². The van der Waals surface area contributed by atoms with Crippen LogP contribution in [-0.4, -0.2) is 102 Å². The molecule has 0 radical (unpaired) electrons. The van der Waals surface area contributed by atoms with Crippen molar-refractivity contribution in [3.8, 4) is 11.5 Å². The van der Waals surface area contributed by atoms with Crippen molar-refractivity contribution in [3.05, 3.63) is 124 Å². The van der Waals surface area contributed by atoms with Gasteiger partial charge in [-0.25, -0.2) is 4.39 Å². The lowest BCUT2D eigenvalue weighted by molar-refractivity contribution is -0.133. The molecule has 3 fully saturated rings. The third-order valence-electron chi connectivity index (χ3n) is 13.2. The summed E-state index contributed by atoms with van der Waals surface area (Å²) in [6.07, 6.45) is 3.73. The number of aromatic hydroxyl groups is 1. The van der Waals surface area contributed by atoms with Crippen LogP contribution in [0.15, 0.2) is 84.9 Å². The number of benzene rings is 4. The molecule has 0 bridgehead atoms. The number of ketones is 2. The van der Waals surface area contributed by atoms with Gasteiger partial charge in [0.25, 0.3) is 5.91 Å². The van der Waals surface area contributed by atoms with Crippen LogP contribution in [0.5, 0.6) is 11.5 Å². The average Bonchev–Trinajstić information content (AvgIpc) is 3.81. The molecule has 9 rings (SSSR count). The standard InChI is InChI=1S/C47H51FN4O5/c48-36-6-1-32(2-7-36)41-13-5-34-26-38(53)9-15-42(34)46(41)33-3-11-40(12-4-33)57-24-23-49-18-17-31(28-49)29-50-19-21-51(22-20-50)37-8-14-43-35(25-37)30-52(47(43)56)44-16-10-39(54)27-45(44)55/h1-4,6-9,11-12,14-15,25-26,31,41,44,46,53H,5,10,13,16-24,27-30H2/t31-,41+,44?,46-/m1/s1. The highest BCUT2D eigenvalue weighted by Gasteiger charge is 2.39. The van der Waals surface area contributed by atoms with E-state index in [4.69, 9.17) is 4.74 Å². The van der Waals surface area contributed by atoms with E-state index in [2.05, 4.69) is 45.0 Å². The average molecular weight is 771 g/mol. The Bertz CT molecular complexity index is 2130. The van der Waals surface area contributed by atoms with E-state index < -0.39 is 6.04 Å².